The van der Waals surface area contributed by atoms with Crippen molar-refractivity contribution >= 4 is 54.1 Å². The van der Waals surface area contributed by atoms with Crippen molar-refractivity contribution in [3.8, 4) is 0 Å². The molecule has 1 saturated carbocycles. The number of nitrogens with zero attached hydrogens (tertiary/aromatic N) is 5. The Balaban J connectivity index is 1.02. The lowest BCUT2D eigenvalue weighted by Gasteiger charge is -2.21. The van der Waals surface area contributed by atoms with Crippen molar-refractivity contribution in [2.75, 3.05) is 36.9 Å². The number of halogens is 2. The van der Waals surface area contributed by atoms with E-state index in [2.05, 4.69) is 30.5 Å². The van der Waals surface area contributed by atoms with Crippen LogP contribution < -0.4 is 10.6 Å². The Kier molecular flexibility index (Phi) is 9.71. The fourth-order valence-corrected chi connectivity index (χ4v) is 7.41. The maximum absolute atomic E-state index is 14.2. The van der Waals surface area contributed by atoms with Crippen LogP contribution >= 0.6 is 19.6 Å². The summed E-state index contributed by atoms with van der Waals surface area (Å²) in [5, 5.41) is 18.4. The molecule has 18 heteroatoms. The van der Waals surface area contributed by atoms with Crippen molar-refractivity contribution in [1.29, 1.82) is 0 Å². The number of rotatable bonds is 12. The summed E-state index contributed by atoms with van der Waals surface area (Å²) >= 11 is 1.36. The number of likely N-dealkylation sites (tertiary alicyclic amines) is 1. The predicted molar refractivity (Wildman–Crippen MR) is 172 cm³/mol. The molecule has 1 aromatic carbocycles. The number of H-pyrrole nitrogens is 1. The molecule has 2 fully saturated rings. The molecule has 3 unspecified atom stereocenters. The van der Waals surface area contributed by atoms with E-state index in [-0.39, 0.29) is 24.8 Å². The monoisotopic (exact) mass is 704 g/mol. The van der Waals surface area contributed by atoms with Gasteiger partial charge in [-0.05, 0) is 80.4 Å². The molecule has 1 aliphatic heterocycles. The van der Waals surface area contributed by atoms with Gasteiger partial charge in [-0.15, -0.1) is 5.10 Å². The molecule has 1 amide bonds. The number of benzene rings is 1. The molecule has 4 aromatic rings. The second-order valence-corrected chi connectivity index (χ2v) is 14.6. The van der Waals surface area contributed by atoms with E-state index in [1.54, 1.807) is 21.5 Å². The van der Waals surface area contributed by atoms with E-state index in [0.717, 1.165) is 21.7 Å². The van der Waals surface area contributed by atoms with E-state index in [1.165, 1.54) is 11.8 Å². The van der Waals surface area contributed by atoms with E-state index >= 15 is 0 Å². The maximum Gasteiger partial charge on any atom is 0.469 e. The number of aromatic nitrogens is 5. The molecule has 6 rings (SSSR count). The standard InChI is InChI=1S/C30H35F2N8O6PS/c1-17-9-24-28(34-25-10-18(2)36-37-25)35-29(38-40(24)13-17)48-22-5-3-21(4-6-22)33-26(41)15-39-8-7-19(14-39)27(42)23-12-30(31,32)11-20(23)16-46-47(43,44)45/h3-6,9-10,13,19-20,23H,7-8,11-12,14-16H2,1-2H3,(H,33,41)(H2,43,44,45)(H2,34,35,36,37,38). The number of phosphoric ester groups is 1. The second-order valence-electron chi connectivity index (χ2n) is 12.4. The Labute approximate surface area is 278 Å². The van der Waals surface area contributed by atoms with Gasteiger partial charge in [-0.1, -0.05) is 0 Å². The number of hydrogen-bond acceptors (Lipinski definition) is 10. The predicted octanol–water partition coefficient (Wildman–Crippen LogP) is 4.56. The van der Waals surface area contributed by atoms with E-state index < -0.39 is 50.9 Å². The smallest absolute Gasteiger partial charge is 0.325 e. The van der Waals surface area contributed by atoms with Crippen LogP contribution in [0.3, 0.4) is 0 Å². The highest BCUT2D eigenvalue weighted by atomic mass is 32.2. The Hall–Kier alpha value is -3.73. The van der Waals surface area contributed by atoms with Gasteiger partial charge in [0.25, 0.3) is 0 Å². The minimum Gasteiger partial charge on any atom is -0.325 e. The normalized spacial score (nSPS) is 21.2. The summed E-state index contributed by atoms with van der Waals surface area (Å²) in [6, 6.07) is 11.1. The first-order chi connectivity index (χ1) is 22.7. The first-order valence-electron chi connectivity index (χ1n) is 15.3. The number of aryl methyl sites for hydroxylation is 2. The molecular weight excluding hydrogens is 669 g/mol. The van der Waals surface area contributed by atoms with Crippen molar-refractivity contribution in [1.82, 2.24) is 29.7 Å². The molecule has 1 aliphatic carbocycles. The summed E-state index contributed by atoms with van der Waals surface area (Å²) in [6.45, 7) is 3.95. The van der Waals surface area contributed by atoms with E-state index in [0.29, 0.717) is 35.4 Å². The summed E-state index contributed by atoms with van der Waals surface area (Å²) in [5.41, 5.74) is 3.32. The number of alkyl halides is 2. The van der Waals surface area contributed by atoms with Gasteiger partial charge in [-0.2, -0.15) is 5.10 Å². The number of fused-ring (bicyclic) bond motifs is 1. The zero-order valence-electron chi connectivity index (χ0n) is 26.1. The Morgan fingerprint density at radius 3 is 2.67 bits per heavy atom. The number of amides is 1. The van der Waals surface area contributed by atoms with Crippen molar-refractivity contribution < 1.29 is 37.2 Å². The van der Waals surface area contributed by atoms with Gasteiger partial charge < -0.3 is 20.4 Å². The van der Waals surface area contributed by atoms with Crippen molar-refractivity contribution in [2.24, 2.45) is 17.8 Å². The van der Waals surface area contributed by atoms with Crippen LogP contribution in [0.15, 0.2) is 52.6 Å². The summed E-state index contributed by atoms with van der Waals surface area (Å²) in [5.74, 6) is -5.14. The summed E-state index contributed by atoms with van der Waals surface area (Å²) < 4.78 is 45.7. The van der Waals surface area contributed by atoms with Gasteiger partial charge in [0.1, 0.15) is 11.3 Å². The molecule has 3 aromatic heterocycles. The third-order valence-electron chi connectivity index (χ3n) is 8.39. The van der Waals surface area contributed by atoms with Crippen LogP contribution in [0.2, 0.25) is 0 Å². The summed E-state index contributed by atoms with van der Waals surface area (Å²) in [6.07, 6.45) is 0.968. The topological polar surface area (TPSA) is 187 Å². The zero-order valence-corrected chi connectivity index (χ0v) is 27.8. The number of hydrogen-bond donors (Lipinski definition) is 5. The number of aromatic amines is 1. The molecule has 2 aliphatic rings. The average molecular weight is 705 g/mol. The van der Waals surface area contributed by atoms with Crippen LogP contribution in [-0.2, 0) is 18.7 Å². The number of carbonyl (C=O) groups is 2. The first-order valence-corrected chi connectivity index (χ1v) is 17.6. The molecule has 256 valence electrons. The number of anilines is 3. The third-order valence-corrected chi connectivity index (χ3v) is 9.74. The van der Waals surface area contributed by atoms with E-state index in [4.69, 9.17) is 14.8 Å². The molecule has 5 N–H and O–H groups in total. The van der Waals surface area contributed by atoms with Crippen LogP contribution in [0, 0.1) is 31.6 Å². The quantitative estimate of drug-likeness (QED) is 0.130. The van der Waals surface area contributed by atoms with E-state index in [9.17, 15) is 22.9 Å². The Morgan fingerprint density at radius 1 is 1.19 bits per heavy atom. The lowest BCUT2D eigenvalue weighted by atomic mass is 9.85. The average Bonchev–Trinajstić information content (AvgIpc) is 3.78. The Morgan fingerprint density at radius 2 is 1.96 bits per heavy atom. The van der Waals surface area contributed by atoms with Crippen LogP contribution in [-0.4, -0.2) is 83.3 Å². The van der Waals surface area contributed by atoms with Crippen LogP contribution in [0.5, 0.6) is 0 Å². The lowest BCUT2D eigenvalue weighted by molar-refractivity contribution is -0.128. The van der Waals surface area contributed by atoms with Gasteiger partial charge in [-0.25, -0.2) is 22.8 Å². The molecular formula is C30H35F2N8O6PS. The molecule has 14 nitrogen and oxygen atoms in total. The molecule has 0 spiro atoms. The number of nitrogens with one attached hydrogen (secondary N) is 3. The molecule has 4 heterocycles. The number of Topliss-reactive ketones (excluding diaryl/α,β-unsaturated/α-hetero) is 1. The van der Waals surface area contributed by atoms with Crippen molar-refractivity contribution in [3.63, 3.8) is 0 Å². The molecule has 0 bridgehead atoms. The van der Waals surface area contributed by atoms with Gasteiger partial charge in [0, 0.05) is 59.8 Å². The highest BCUT2D eigenvalue weighted by molar-refractivity contribution is 7.99. The van der Waals surface area contributed by atoms with Crippen molar-refractivity contribution in [2.45, 2.75) is 49.1 Å². The maximum atomic E-state index is 14.2. The van der Waals surface area contributed by atoms with Crippen LogP contribution in [0.1, 0.15) is 30.5 Å². The van der Waals surface area contributed by atoms with Crippen LogP contribution in [0.25, 0.3) is 5.52 Å². The SMILES string of the molecule is Cc1cc2c(Nc3cc(C)[nH]n3)nc(Sc3ccc(NC(=O)CN4CCC(C(=O)C5CC(F)(F)CC5COP(=O)(O)O)C4)cc3)nn2c1. The minimum atomic E-state index is -4.86. The molecule has 3 atom stereocenters. The highest BCUT2D eigenvalue weighted by Crippen LogP contribution is 2.47. The van der Waals surface area contributed by atoms with E-state index in [1.807, 2.05) is 44.3 Å². The van der Waals surface area contributed by atoms with Gasteiger partial charge in [-0.3, -0.25) is 24.1 Å². The highest BCUT2D eigenvalue weighted by Gasteiger charge is 2.51. The first kappa shape index (κ1) is 34.1. The molecule has 0 radical (unpaired) electrons. The van der Waals surface area contributed by atoms with Crippen molar-refractivity contribution in [3.05, 3.63) is 53.9 Å². The van der Waals surface area contributed by atoms with Crippen LogP contribution in [0.4, 0.5) is 26.1 Å². The third kappa shape index (κ3) is 8.46. The van der Waals surface area contributed by atoms with Gasteiger partial charge in [0.2, 0.25) is 17.0 Å². The lowest BCUT2D eigenvalue weighted by Crippen LogP contribution is -2.34. The fraction of sp³-hybridized carbons (Fsp3) is 0.433. The fourth-order valence-electron chi connectivity index (χ4n) is 6.27. The summed E-state index contributed by atoms with van der Waals surface area (Å²) in [4.78, 5) is 51.4. The van der Waals surface area contributed by atoms with Gasteiger partial charge >= 0.3 is 7.82 Å². The summed E-state index contributed by atoms with van der Waals surface area (Å²) in [7, 11) is -4.86. The number of carbonyl (C=O) groups excluding carboxylic acids is 2. The van der Waals surface area contributed by atoms with Gasteiger partial charge in [0.15, 0.2) is 11.6 Å². The zero-order chi connectivity index (χ0) is 34.2. The number of ketones is 1. The number of phosphoric acid groups is 1. The molecule has 1 saturated heterocycles. The minimum absolute atomic E-state index is 0.0152. The largest absolute Gasteiger partial charge is 0.469 e. The molecule has 48 heavy (non-hydrogen) atoms. The Bertz CT molecular complexity index is 1870. The second kappa shape index (κ2) is 13.6. The van der Waals surface area contributed by atoms with Gasteiger partial charge in [0.05, 0.1) is 13.2 Å².